The summed E-state index contributed by atoms with van der Waals surface area (Å²) in [6, 6.07) is 7.80. The molecule has 1 aromatic carbocycles. The van der Waals surface area contributed by atoms with E-state index < -0.39 is 5.50 Å². The Labute approximate surface area is 111 Å². The standard InChI is InChI=1S/C12H14Cl2N2O/c13-10-2-1-3-11(8-10)15-4-6-16(7-5-15)12(14)9-17/h1-3,8-9,12H,4-7H2. The molecule has 1 aromatic rings. The van der Waals surface area contributed by atoms with Gasteiger partial charge in [-0.25, -0.2) is 0 Å². The molecule has 3 nitrogen and oxygen atoms in total. The van der Waals surface area contributed by atoms with Crippen molar-refractivity contribution in [1.29, 1.82) is 0 Å². The van der Waals surface area contributed by atoms with Crippen LogP contribution in [-0.2, 0) is 4.79 Å². The van der Waals surface area contributed by atoms with E-state index in [1.165, 1.54) is 0 Å². The third kappa shape index (κ3) is 3.12. The summed E-state index contributed by atoms with van der Waals surface area (Å²) >= 11 is 11.8. The van der Waals surface area contributed by atoms with Crippen molar-refractivity contribution in [3.05, 3.63) is 29.3 Å². The van der Waals surface area contributed by atoms with Crippen LogP contribution in [0, 0.1) is 0 Å². The molecule has 0 N–H and O–H groups in total. The monoisotopic (exact) mass is 272 g/mol. The Morgan fingerprint density at radius 3 is 2.53 bits per heavy atom. The van der Waals surface area contributed by atoms with Crippen molar-refractivity contribution in [3.63, 3.8) is 0 Å². The number of benzene rings is 1. The van der Waals surface area contributed by atoms with Gasteiger partial charge in [0.2, 0.25) is 0 Å². The van der Waals surface area contributed by atoms with Crippen LogP contribution in [0.5, 0.6) is 0 Å². The molecule has 0 aromatic heterocycles. The molecule has 5 heteroatoms. The van der Waals surface area contributed by atoms with E-state index >= 15 is 0 Å². The number of hydrogen-bond donors (Lipinski definition) is 0. The molecular weight excluding hydrogens is 259 g/mol. The maximum Gasteiger partial charge on any atom is 0.152 e. The third-order valence-corrected chi connectivity index (χ3v) is 3.56. The number of rotatable bonds is 3. The highest BCUT2D eigenvalue weighted by molar-refractivity contribution is 6.30. The van der Waals surface area contributed by atoms with Crippen molar-refractivity contribution in [2.24, 2.45) is 0 Å². The number of carbonyl (C=O) groups excluding carboxylic acids is 1. The van der Waals surface area contributed by atoms with E-state index in [-0.39, 0.29) is 0 Å². The van der Waals surface area contributed by atoms with Gasteiger partial charge in [0.15, 0.2) is 6.29 Å². The minimum Gasteiger partial charge on any atom is -0.369 e. The number of nitrogens with zero attached hydrogens (tertiary/aromatic N) is 2. The molecule has 1 heterocycles. The molecule has 0 radical (unpaired) electrons. The molecule has 0 spiro atoms. The Bertz CT molecular complexity index is 392. The molecule has 0 aliphatic carbocycles. The number of carbonyl (C=O) groups is 1. The van der Waals surface area contributed by atoms with E-state index in [0.717, 1.165) is 43.2 Å². The highest BCUT2D eigenvalue weighted by Crippen LogP contribution is 2.21. The summed E-state index contributed by atoms with van der Waals surface area (Å²) in [4.78, 5) is 14.8. The number of anilines is 1. The first-order valence-electron chi connectivity index (χ1n) is 5.54. The van der Waals surface area contributed by atoms with Crippen molar-refractivity contribution in [2.45, 2.75) is 5.50 Å². The lowest BCUT2D eigenvalue weighted by molar-refractivity contribution is -0.110. The van der Waals surface area contributed by atoms with E-state index in [2.05, 4.69) is 4.90 Å². The smallest absolute Gasteiger partial charge is 0.152 e. The van der Waals surface area contributed by atoms with E-state index in [1.807, 2.05) is 29.2 Å². The molecule has 1 atom stereocenters. The summed E-state index contributed by atoms with van der Waals surface area (Å²) in [6.07, 6.45) is 0.774. The predicted molar refractivity (Wildman–Crippen MR) is 70.9 cm³/mol. The molecule has 92 valence electrons. The van der Waals surface area contributed by atoms with Crippen LogP contribution in [0.2, 0.25) is 5.02 Å². The second-order valence-electron chi connectivity index (χ2n) is 4.01. The minimum atomic E-state index is -0.503. The van der Waals surface area contributed by atoms with Crippen LogP contribution < -0.4 is 4.90 Å². The van der Waals surface area contributed by atoms with E-state index in [9.17, 15) is 4.79 Å². The molecule has 1 aliphatic heterocycles. The normalized spacial score (nSPS) is 19.1. The lowest BCUT2D eigenvalue weighted by atomic mass is 10.2. The fourth-order valence-corrected chi connectivity index (χ4v) is 2.37. The maximum absolute atomic E-state index is 10.6. The summed E-state index contributed by atoms with van der Waals surface area (Å²) < 4.78 is 0. The van der Waals surface area contributed by atoms with Crippen molar-refractivity contribution < 1.29 is 4.79 Å². The Hall–Kier alpha value is -0.770. The summed E-state index contributed by atoms with van der Waals surface area (Å²) in [7, 11) is 0. The molecule has 17 heavy (non-hydrogen) atoms. The van der Waals surface area contributed by atoms with Crippen LogP contribution in [0.3, 0.4) is 0 Å². The topological polar surface area (TPSA) is 23.6 Å². The molecule has 2 rings (SSSR count). The van der Waals surface area contributed by atoms with Gasteiger partial charge in [-0.15, -0.1) is 0 Å². The molecule has 1 unspecified atom stereocenters. The average molecular weight is 273 g/mol. The second-order valence-corrected chi connectivity index (χ2v) is 4.90. The van der Waals surface area contributed by atoms with E-state index in [0.29, 0.717) is 0 Å². The van der Waals surface area contributed by atoms with Crippen LogP contribution >= 0.6 is 23.2 Å². The van der Waals surface area contributed by atoms with Gasteiger partial charge in [0, 0.05) is 36.9 Å². The van der Waals surface area contributed by atoms with Gasteiger partial charge in [-0.05, 0) is 18.2 Å². The first-order valence-corrected chi connectivity index (χ1v) is 6.36. The molecule has 0 amide bonds. The van der Waals surface area contributed by atoms with E-state index in [1.54, 1.807) is 0 Å². The van der Waals surface area contributed by atoms with Gasteiger partial charge in [-0.2, -0.15) is 0 Å². The summed E-state index contributed by atoms with van der Waals surface area (Å²) in [5.41, 5.74) is 0.617. The number of piperazine rings is 1. The third-order valence-electron chi connectivity index (χ3n) is 2.95. The van der Waals surface area contributed by atoms with Crippen LogP contribution in [0.15, 0.2) is 24.3 Å². The summed E-state index contributed by atoms with van der Waals surface area (Å²) in [6.45, 7) is 3.30. The molecule has 1 aliphatic rings. The number of aldehydes is 1. The van der Waals surface area contributed by atoms with Crippen LogP contribution in [0.1, 0.15) is 0 Å². The van der Waals surface area contributed by atoms with Crippen LogP contribution in [-0.4, -0.2) is 42.9 Å². The zero-order valence-corrected chi connectivity index (χ0v) is 10.9. The van der Waals surface area contributed by atoms with Crippen molar-refractivity contribution in [2.75, 3.05) is 31.1 Å². The first kappa shape index (κ1) is 12.7. The zero-order valence-electron chi connectivity index (χ0n) is 9.35. The van der Waals surface area contributed by atoms with Crippen LogP contribution in [0.4, 0.5) is 5.69 Å². The highest BCUT2D eigenvalue weighted by atomic mass is 35.5. The van der Waals surface area contributed by atoms with Crippen molar-refractivity contribution >= 4 is 35.2 Å². The minimum absolute atomic E-state index is 0.503. The Balaban J connectivity index is 1.97. The zero-order chi connectivity index (χ0) is 12.3. The number of hydrogen-bond acceptors (Lipinski definition) is 3. The Morgan fingerprint density at radius 1 is 1.24 bits per heavy atom. The SMILES string of the molecule is O=CC(Cl)N1CCN(c2cccc(Cl)c2)CC1. The highest BCUT2D eigenvalue weighted by Gasteiger charge is 2.21. The van der Waals surface area contributed by atoms with E-state index in [4.69, 9.17) is 23.2 Å². The lowest BCUT2D eigenvalue weighted by Crippen LogP contribution is -2.49. The van der Waals surface area contributed by atoms with Gasteiger partial charge in [0.05, 0.1) is 0 Å². The largest absolute Gasteiger partial charge is 0.369 e. The summed E-state index contributed by atoms with van der Waals surface area (Å²) in [5.74, 6) is 0. The van der Waals surface area contributed by atoms with Crippen molar-refractivity contribution in [3.8, 4) is 0 Å². The fraction of sp³-hybridized carbons (Fsp3) is 0.417. The van der Waals surface area contributed by atoms with Gasteiger partial charge in [-0.1, -0.05) is 29.3 Å². The predicted octanol–water partition coefficient (Wildman–Crippen LogP) is 2.23. The van der Waals surface area contributed by atoms with Gasteiger partial charge < -0.3 is 9.69 Å². The van der Waals surface area contributed by atoms with Crippen molar-refractivity contribution in [1.82, 2.24) is 4.90 Å². The first-order chi connectivity index (χ1) is 8.20. The lowest BCUT2D eigenvalue weighted by Gasteiger charge is -2.36. The molecule has 1 saturated heterocycles. The van der Waals surface area contributed by atoms with Gasteiger partial charge in [-0.3, -0.25) is 4.90 Å². The molecule has 0 bridgehead atoms. The average Bonchev–Trinajstić information content (AvgIpc) is 2.38. The molecule has 1 fully saturated rings. The van der Waals surface area contributed by atoms with Crippen LogP contribution in [0.25, 0.3) is 0 Å². The fourth-order valence-electron chi connectivity index (χ4n) is 1.99. The molecule has 0 saturated carbocycles. The number of alkyl halides is 1. The maximum atomic E-state index is 10.6. The van der Waals surface area contributed by atoms with Gasteiger partial charge in [0.1, 0.15) is 5.50 Å². The number of halogens is 2. The van der Waals surface area contributed by atoms with Gasteiger partial charge >= 0.3 is 0 Å². The second kappa shape index (κ2) is 5.71. The molecular formula is C12H14Cl2N2O. The summed E-state index contributed by atoms with van der Waals surface area (Å²) in [5, 5.41) is 0.744. The Kier molecular flexibility index (Phi) is 4.26. The Morgan fingerprint density at radius 2 is 1.94 bits per heavy atom. The quantitative estimate of drug-likeness (QED) is 0.479. The van der Waals surface area contributed by atoms with Gasteiger partial charge in [0.25, 0.3) is 0 Å².